The van der Waals surface area contributed by atoms with Crippen molar-refractivity contribution in [1.29, 1.82) is 0 Å². The standard InChI is InChI=1S/C23H19N2OS/c1-17(23-24(2)20-15-9-10-16-21(20)27-23)25(19-13-7-4-8-14-19)22(26)18-11-5-3-6-12-18/h3-16H,1H2,2H3/q+1. The molecule has 1 aromatic heterocycles. The molecule has 0 saturated heterocycles. The van der Waals surface area contributed by atoms with Crippen LogP contribution < -0.4 is 9.47 Å². The Kier molecular flexibility index (Phi) is 4.57. The van der Waals surface area contributed by atoms with E-state index >= 15 is 0 Å². The van der Waals surface area contributed by atoms with Crippen LogP contribution in [0.5, 0.6) is 0 Å². The highest BCUT2D eigenvalue weighted by molar-refractivity contribution is 7.19. The van der Waals surface area contributed by atoms with E-state index in [4.69, 9.17) is 0 Å². The number of thiazole rings is 1. The molecule has 4 rings (SSSR count). The first kappa shape index (κ1) is 17.2. The molecular weight excluding hydrogens is 352 g/mol. The second kappa shape index (κ2) is 7.17. The monoisotopic (exact) mass is 371 g/mol. The average molecular weight is 371 g/mol. The zero-order valence-electron chi connectivity index (χ0n) is 15.0. The van der Waals surface area contributed by atoms with E-state index in [1.165, 1.54) is 0 Å². The number of hydrogen-bond donors (Lipinski definition) is 0. The van der Waals surface area contributed by atoms with Gasteiger partial charge in [-0.15, -0.1) is 0 Å². The lowest BCUT2D eigenvalue weighted by atomic mass is 10.1. The second-order valence-electron chi connectivity index (χ2n) is 6.22. The van der Waals surface area contributed by atoms with Gasteiger partial charge in [-0.1, -0.05) is 66.4 Å². The first-order valence-corrected chi connectivity index (χ1v) is 9.50. The molecule has 27 heavy (non-hydrogen) atoms. The molecule has 132 valence electrons. The third-order valence-electron chi connectivity index (χ3n) is 4.49. The number of fused-ring (bicyclic) bond motifs is 1. The summed E-state index contributed by atoms with van der Waals surface area (Å²) in [6, 6.07) is 27.2. The number of rotatable bonds is 4. The minimum Gasteiger partial charge on any atom is -0.270 e. The van der Waals surface area contributed by atoms with E-state index in [2.05, 4.69) is 23.3 Å². The van der Waals surface area contributed by atoms with Crippen molar-refractivity contribution >= 4 is 38.8 Å². The van der Waals surface area contributed by atoms with Gasteiger partial charge in [0.25, 0.3) is 10.9 Å². The molecule has 0 atom stereocenters. The van der Waals surface area contributed by atoms with Crippen molar-refractivity contribution in [1.82, 2.24) is 0 Å². The van der Waals surface area contributed by atoms with E-state index in [-0.39, 0.29) is 5.91 Å². The van der Waals surface area contributed by atoms with Gasteiger partial charge in [-0.2, -0.15) is 4.57 Å². The Labute approximate surface area is 162 Å². The third-order valence-corrected chi connectivity index (χ3v) is 5.76. The van der Waals surface area contributed by atoms with Gasteiger partial charge in [-0.25, -0.2) is 0 Å². The Bertz CT molecular complexity index is 1120. The van der Waals surface area contributed by atoms with Gasteiger partial charge in [0.15, 0.2) is 0 Å². The Morgan fingerprint density at radius 2 is 1.48 bits per heavy atom. The topological polar surface area (TPSA) is 24.2 Å². The Morgan fingerprint density at radius 1 is 0.889 bits per heavy atom. The molecule has 0 fully saturated rings. The van der Waals surface area contributed by atoms with Crippen LogP contribution in [0.2, 0.25) is 0 Å². The first-order chi connectivity index (χ1) is 13.2. The minimum absolute atomic E-state index is 0.0933. The van der Waals surface area contributed by atoms with Crippen molar-refractivity contribution in [2.24, 2.45) is 7.05 Å². The van der Waals surface area contributed by atoms with Crippen molar-refractivity contribution in [3.05, 3.63) is 102 Å². The largest absolute Gasteiger partial charge is 0.286 e. The quantitative estimate of drug-likeness (QED) is 0.461. The molecule has 1 heterocycles. The van der Waals surface area contributed by atoms with Gasteiger partial charge < -0.3 is 0 Å². The molecule has 3 nitrogen and oxygen atoms in total. The summed E-state index contributed by atoms with van der Waals surface area (Å²) in [6.45, 7) is 4.30. The fourth-order valence-corrected chi connectivity index (χ4v) is 4.24. The summed E-state index contributed by atoms with van der Waals surface area (Å²) >= 11 is 1.64. The van der Waals surface area contributed by atoms with E-state index < -0.39 is 0 Å². The van der Waals surface area contributed by atoms with Gasteiger partial charge in [-0.05, 0) is 30.3 Å². The van der Waals surface area contributed by atoms with Crippen LogP contribution in [-0.4, -0.2) is 5.91 Å². The van der Waals surface area contributed by atoms with E-state index in [0.717, 1.165) is 20.9 Å². The summed E-state index contributed by atoms with van der Waals surface area (Å²) in [7, 11) is 2.01. The molecule has 0 saturated carbocycles. The highest BCUT2D eigenvalue weighted by Gasteiger charge is 2.28. The number of anilines is 1. The van der Waals surface area contributed by atoms with Crippen molar-refractivity contribution in [3.8, 4) is 0 Å². The van der Waals surface area contributed by atoms with E-state index in [1.54, 1.807) is 16.2 Å². The van der Waals surface area contributed by atoms with Crippen LogP contribution in [0.15, 0.2) is 91.5 Å². The van der Waals surface area contributed by atoms with Crippen LogP contribution in [0, 0.1) is 0 Å². The van der Waals surface area contributed by atoms with Crippen molar-refractivity contribution < 1.29 is 9.36 Å². The number of benzene rings is 3. The van der Waals surface area contributed by atoms with Gasteiger partial charge in [-0.3, -0.25) is 9.69 Å². The average Bonchev–Trinajstić information content (AvgIpc) is 3.06. The van der Waals surface area contributed by atoms with Gasteiger partial charge in [0, 0.05) is 17.3 Å². The van der Waals surface area contributed by atoms with Crippen LogP contribution in [0.3, 0.4) is 0 Å². The summed E-state index contributed by atoms with van der Waals surface area (Å²) in [6.07, 6.45) is 0. The zero-order valence-corrected chi connectivity index (χ0v) is 15.8. The van der Waals surface area contributed by atoms with Crippen LogP contribution in [0.1, 0.15) is 15.4 Å². The number of hydrogen-bond acceptors (Lipinski definition) is 2. The maximum atomic E-state index is 13.3. The maximum Gasteiger partial charge on any atom is 0.286 e. The lowest BCUT2D eigenvalue weighted by Gasteiger charge is -2.22. The Hall–Kier alpha value is -3.24. The van der Waals surface area contributed by atoms with E-state index in [1.807, 2.05) is 79.8 Å². The van der Waals surface area contributed by atoms with E-state index in [0.29, 0.717) is 11.3 Å². The summed E-state index contributed by atoms with van der Waals surface area (Å²) in [5.74, 6) is -0.0933. The fraction of sp³-hybridized carbons (Fsp3) is 0.0435. The predicted molar refractivity (Wildman–Crippen MR) is 112 cm³/mol. The smallest absolute Gasteiger partial charge is 0.270 e. The van der Waals surface area contributed by atoms with Crippen LogP contribution in [0.25, 0.3) is 15.9 Å². The summed E-state index contributed by atoms with van der Waals surface area (Å²) < 4.78 is 3.26. The molecule has 0 N–H and O–H groups in total. The van der Waals surface area contributed by atoms with E-state index in [9.17, 15) is 4.79 Å². The van der Waals surface area contributed by atoms with Crippen LogP contribution >= 0.6 is 11.3 Å². The highest BCUT2D eigenvalue weighted by atomic mass is 32.1. The van der Waals surface area contributed by atoms with Gasteiger partial charge >= 0.3 is 0 Å². The van der Waals surface area contributed by atoms with Gasteiger partial charge in [0.1, 0.15) is 17.4 Å². The molecule has 0 bridgehead atoms. The summed E-state index contributed by atoms with van der Waals surface area (Å²) in [5, 5.41) is 0.948. The Morgan fingerprint density at radius 3 is 2.15 bits per heavy atom. The summed E-state index contributed by atoms with van der Waals surface area (Å²) in [4.78, 5) is 15.0. The molecule has 3 aromatic carbocycles. The fourth-order valence-electron chi connectivity index (χ4n) is 3.13. The minimum atomic E-state index is -0.0933. The molecule has 0 aliphatic rings. The van der Waals surface area contributed by atoms with Gasteiger partial charge in [0.2, 0.25) is 5.52 Å². The predicted octanol–water partition coefficient (Wildman–Crippen LogP) is 5.04. The number of carbonyl (C=O) groups is 1. The number of amides is 1. The number of carbonyl (C=O) groups excluding carboxylic acids is 1. The number of para-hydroxylation sites is 2. The molecule has 0 aliphatic heterocycles. The van der Waals surface area contributed by atoms with Crippen molar-refractivity contribution in [2.45, 2.75) is 0 Å². The molecule has 0 radical (unpaired) electrons. The molecule has 0 aliphatic carbocycles. The number of aromatic nitrogens is 1. The Balaban J connectivity index is 1.84. The number of aryl methyl sites for hydroxylation is 1. The summed E-state index contributed by atoms with van der Waals surface area (Å²) in [5.41, 5.74) is 3.22. The highest BCUT2D eigenvalue weighted by Crippen LogP contribution is 2.30. The normalized spacial score (nSPS) is 10.7. The third kappa shape index (κ3) is 3.15. The first-order valence-electron chi connectivity index (χ1n) is 8.68. The zero-order chi connectivity index (χ0) is 18.8. The SMILES string of the molecule is C=C(c1sc2ccccc2[n+]1C)N(C(=O)c1ccccc1)c1ccccc1. The lowest BCUT2D eigenvalue weighted by Crippen LogP contribution is -2.36. The van der Waals surface area contributed by atoms with Crippen LogP contribution in [0.4, 0.5) is 5.69 Å². The molecular formula is C23H19N2OS+. The molecule has 0 spiro atoms. The van der Waals surface area contributed by atoms with Crippen molar-refractivity contribution in [3.63, 3.8) is 0 Å². The molecule has 4 heteroatoms. The van der Waals surface area contributed by atoms with Crippen LogP contribution in [-0.2, 0) is 7.05 Å². The molecule has 1 amide bonds. The van der Waals surface area contributed by atoms with Gasteiger partial charge in [0.05, 0.1) is 0 Å². The lowest BCUT2D eigenvalue weighted by molar-refractivity contribution is -0.642. The van der Waals surface area contributed by atoms with Crippen molar-refractivity contribution in [2.75, 3.05) is 4.90 Å². The molecule has 4 aromatic rings. The molecule has 0 unspecified atom stereocenters. The number of nitrogens with zero attached hydrogens (tertiary/aromatic N) is 2. The maximum absolute atomic E-state index is 13.3. The second-order valence-corrected chi connectivity index (χ2v) is 7.25.